The third-order valence-electron chi connectivity index (χ3n) is 17.8. The molecule has 12 aliphatic rings. The second kappa shape index (κ2) is 16.9. The molecule has 0 aromatic heterocycles. The first-order chi connectivity index (χ1) is 31.0. The minimum atomic E-state index is -0.237. The lowest BCUT2D eigenvalue weighted by Gasteiger charge is -2.58. The second-order valence-electron chi connectivity index (χ2n) is 22.6. The quantitative estimate of drug-likeness (QED) is 0.155. The molecule has 12 heteroatoms. The van der Waals surface area contributed by atoms with Crippen LogP contribution in [0, 0.1) is 58.2 Å². The lowest BCUT2D eigenvalue weighted by Crippen LogP contribution is -2.60. The number of nitrogens with one attached hydrogen (secondary N) is 4. The van der Waals surface area contributed by atoms with E-state index in [0.29, 0.717) is 35.5 Å². The Morgan fingerprint density at radius 1 is 0.500 bits per heavy atom. The predicted molar refractivity (Wildman–Crippen MR) is 246 cm³/mol. The molecule has 6 N–H and O–H groups in total. The Morgan fingerprint density at radius 3 is 1.20 bits per heavy atom. The van der Waals surface area contributed by atoms with E-state index in [1.165, 1.54) is 0 Å². The van der Waals surface area contributed by atoms with Crippen LogP contribution in [0.25, 0.3) is 0 Å². The summed E-state index contributed by atoms with van der Waals surface area (Å²) in [6.45, 7) is 3.64. The van der Waals surface area contributed by atoms with Crippen LogP contribution in [0.4, 0.5) is 22.7 Å². The van der Waals surface area contributed by atoms with Crippen molar-refractivity contribution in [1.82, 2.24) is 10.6 Å². The first-order valence-corrected chi connectivity index (χ1v) is 25.3. The summed E-state index contributed by atoms with van der Waals surface area (Å²) in [5.41, 5.74) is 3.53. The minimum absolute atomic E-state index is 0.135. The fourth-order valence-corrected chi connectivity index (χ4v) is 14.6. The lowest BCUT2D eigenvalue weighted by atomic mass is 9.48. The van der Waals surface area contributed by atoms with Gasteiger partial charge in [-0.3, -0.25) is 19.2 Å². The Morgan fingerprint density at radius 2 is 0.859 bits per heavy atom. The molecule has 0 spiro atoms. The Hall–Kier alpha value is -4.16. The van der Waals surface area contributed by atoms with E-state index < -0.39 is 0 Å². The zero-order chi connectivity index (χ0) is 43.7. The fraction of sp³-hybridized carbons (Fsp3) is 0.692. The third kappa shape index (κ3) is 8.55. The number of nitrogens with zero attached hydrogens (tertiary/aromatic N) is 2. The Balaban J connectivity index is 0.000000143. The molecule has 12 nitrogen and oxygen atoms in total. The van der Waals surface area contributed by atoms with Crippen molar-refractivity contribution in [2.24, 2.45) is 58.2 Å². The summed E-state index contributed by atoms with van der Waals surface area (Å²) in [5, 5.41) is 33.9. The lowest BCUT2D eigenvalue weighted by molar-refractivity contribution is -0.164. The maximum absolute atomic E-state index is 13.5. The Bertz CT molecular complexity index is 1910. The summed E-state index contributed by atoms with van der Waals surface area (Å²) in [7, 11) is 0. The number of hydrogen-bond donors (Lipinski definition) is 6. The van der Waals surface area contributed by atoms with E-state index in [9.17, 15) is 29.4 Å². The number of amides is 4. The predicted octanol–water partition coefficient (Wildman–Crippen LogP) is 6.61. The summed E-state index contributed by atoms with van der Waals surface area (Å²) < 4.78 is 0. The number of carbonyl (C=O) groups is 4. The van der Waals surface area contributed by atoms with Gasteiger partial charge in [-0.1, -0.05) is 0 Å². The maximum Gasteiger partial charge on any atom is 0.227 e. The normalized spacial score (nSPS) is 37.9. The highest BCUT2D eigenvalue weighted by atomic mass is 16.3. The van der Waals surface area contributed by atoms with Gasteiger partial charge in [-0.2, -0.15) is 0 Å². The van der Waals surface area contributed by atoms with Crippen LogP contribution < -0.4 is 31.1 Å². The van der Waals surface area contributed by atoms with Crippen LogP contribution in [-0.4, -0.2) is 84.3 Å². The highest BCUT2D eigenvalue weighted by Crippen LogP contribution is 2.61. The smallest absolute Gasteiger partial charge is 0.227 e. The molecule has 10 aliphatic carbocycles. The summed E-state index contributed by atoms with van der Waals surface area (Å²) in [5.74, 6) is 3.74. The minimum Gasteiger partial charge on any atom is -0.393 e. The van der Waals surface area contributed by atoms with Gasteiger partial charge in [-0.25, -0.2) is 0 Å². The Kier molecular flexibility index (Phi) is 11.2. The molecule has 2 saturated heterocycles. The molecular weight excluding hydrogens is 805 g/mol. The van der Waals surface area contributed by atoms with E-state index in [2.05, 4.69) is 55.3 Å². The van der Waals surface area contributed by atoms with Gasteiger partial charge >= 0.3 is 0 Å². The van der Waals surface area contributed by atoms with Crippen molar-refractivity contribution in [3.8, 4) is 0 Å². The van der Waals surface area contributed by atoms with Crippen LogP contribution in [0.2, 0.25) is 0 Å². The molecule has 14 rings (SSSR count). The summed E-state index contributed by atoms with van der Waals surface area (Å²) in [6.07, 6.45) is 17.8. The largest absolute Gasteiger partial charge is 0.393 e. The second-order valence-corrected chi connectivity index (χ2v) is 22.6. The van der Waals surface area contributed by atoms with Crippen molar-refractivity contribution >= 4 is 46.4 Å². The standard InChI is InChI=1S/2C26H35N3O3/c2*30-23-18-10-16-11-19(23)14-26(12-16,13-18)25(32)28-21-2-1-9-29(15-21)22-7-5-20(6-8-22)27-24(31)17-3-4-17/h2*5-8,16-19,21,23,30H,1-4,9-15H2,(H,27,31)(H,28,32)/t2*16?,18?,19?,21-,23?,26?/m00/s1. The average molecular weight is 875 g/mol. The first-order valence-electron chi connectivity index (χ1n) is 25.3. The van der Waals surface area contributed by atoms with Gasteiger partial charge in [0.1, 0.15) is 0 Å². The van der Waals surface area contributed by atoms with Gasteiger partial charge in [0.25, 0.3) is 0 Å². The van der Waals surface area contributed by atoms with Gasteiger partial charge < -0.3 is 41.3 Å². The van der Waals surface area contributed by atoms with E-state index in [0.717, 1.165) is 165 Å². The summed E-state index contributed by atoms with van der Waals surface area (Å²) in [4.78, 5) is 55.6. The van der Waals surface area contributed by atoms with Crippen LogP contribution in [0.15, 0.2) is 48.5 Å². The van der Waals surface area contributed by atoms with E-state index in [1.54, 1.807) is 0 Å². The van der Waals surface area contributed by atoms with Crippen molar-refractivity contribution in [2.45, 2.75) is 140 Å². The van der Waals surface area contributed by atoms with Crippen molar-refractivity contribution in [1.29, 1.82) is 0 Å². The third-order valence-corrected chi connectivity index (χ3v) is 17.8. The molecule has 4 unspecified atom stereocenters. The van der Waals surface area contributed by atoms with Crippen molar-refractivity contribution < 1.29 is 29.4 Å². The molecule has 64 heavy (non-hydrogen) atoms. The SMILES string of the molecule is O=C(Nc1ccc(N2CCC[C@H](NC(=O)C34CC5CC(C3)C(O)C(C5)C4)C2)cc1)C1CC1.O=C(Nc1ccc(N2CCC[C@H](NC(=O)C34CC5CC(C3)C(O)C(C5)C4)C2)cc1)C1CC1. The van der Waals surface area contributed by atoms with Gasteiger partial charge in [-0.05, 0) is 200 Å². The number of rotatable bonds is 10. The Labute approximate surface area is 378 Å². The van der Waals surface area contributed by atoms with E-state index in [1.807, 2.05) is 24.3 Å². The molecular formula is C52H70N6O6. The van der Waals surface area contributed by atoms with Crippen molar-refractivity contribution in [3.05, 3.63) is 48.5 Å². The first kappa shape index (κ1) is 42.5. The number of aliphatic hydroxyl groups is 2. The number of carbonyl (C=O) groups excluding carboxylic acids is 4. The molecule has 6 atom stereocenters. The number of aliphatic hydroxyl groups excluding tert-OH is 2. The van der Waals surface area contributed by atoms with Gasteiger partial charge in [0, 0.05) is 72.8 Å². The molecule has 2 aliphatic heterocycles. The van der Waals surface area contributed by atoms with Gasteiger partial charge in [-0.15, -0.1) is 0 Å². The number of benzene rings is 2. The summed E-state index contributed by atoms with van der Waals surface area (Å²) in [6, 6.07) is 16.6. The molecule has 12 fully saturated rings. The van der Waals surface area contributed by atoms with Gasteiger partial charge in [0.15, 0.2) is 0 Å². The van der Waals surface area contributed by atoms with Gasteiger partial charge in [0.05, 0.1) is 23.0 Å². The van der Waals surface area contributed by atoms with Crippen LogP contribution in [0.5, 0.6) is 0 Å². The summed E-state index contributed by atoms with van der Waals surface area (Å²) >= 11 is 0. The van der Waals surface area contributed by atoms with Crippen LogP contribution in [0.1, 0.15) is 116 Å². The van der Waals surface area contributed by atoms with Crippen LogP contribution in [0.3, 0.4) is 0 Å². The fourth-order valence-electron chi connectivity index (χ4n) is 14.6. The molecule has 2 aromatic carbocycles. The molecule has 344 valence electrons. The molecule has 8 bridgehead atoms. The molecule has 10 saturated carbocycles. The monoisotopic (exact) mass is 875 g/mol. The molecule has 2 aromatic rings. The number of anilines is 4. The van der Waals surface area contributed by atoms with Gasteiger partial charge in [0.2, 0.25) is 23.6 Å². The number of piperidine rings is 2. The maximum atomic E-state index is 13.5. The average Bonchev–Trinajstić information content (AvgIpc) is 4.23. The van der Waals surface area contributed by atoms with E-state index in [4.69, 9.17) is 0 Å². The topological polar surface area (TPSA) is 163 Å². The zero-order valence-electron chi connectivity index (χ0n) is 37.5. The van der Waals surface area contributed by atoms with E-state index >= 15 is 0 Å². The molecule has 0 radical (unpaired) electrons. The van der Waals surface area contributed by atoms with E-state index in [-0.39, 0.29) is 70.6 Å². The van der Waals surface area contributed by atoms with Crippen molar-refractivity contribution in [3.63, 3.8) is 0 Å². The highest BCUT2D eigenvalue weighted by molar-refractivity contribution is 5.95. The molecule has 4 amide bonds. The molecule has 2 heterocycles. The number of hydrogen-bond acceptors (Lipinski definition) is 8. The van der Waals surface area contributed by atoms with Crippen LogP contribution >= 0.6 is 0 Å². The van der Waals surface area contributed by atoms with Crippen molar-refractivity contribution in [2.75, 3.05) is 46.6 Å². The highest BCUT2D eigenvalue weighted by Gasteiger charge is 2.59. The zero-order valence-corrected chi connectivity index (χ0v) is 37.5. The van der Waals surface area contributed by atoms with Crippen LogP contribution in [-0.2, 0) is 19.2 Å².